The van der Waals surface area contributed by atoms with E-state index in [1.165, 1.54) is 0 Å². The number of hydrogen-bond donors (Lipinski definition) is 2. The van der Waals surface area contributed by atoms with Gasteiger partial charge >= 0.3 is 0 Å². The maximum absolute atomic E-state index is 13.9. The number of nitrogens with two attached hydrogens (primary N) is 1. The molecule has 0 amide bonds. The number of fused-ring (bicyclic) bond motifs is 1. The molecule has 1 fully saturated rings. The molecule has 1 saturated heterocycles. The first kappa shape index (κ1) is 23.1. The largest absolute Gasteiger partial charge is 0.351 e. The normalized spacial score (nSPS) is 16.1. The molecule has 1 unspecified atom stereocenters. The maximum Gasteiger partial charge on any atom is 0.281 e. The number of nitrogens with one attached hydrogen (secondary N) is 1. The number of imidazole rings is 1. The second-order valence-electron chi connectivity index (χ2n) is 9.24. The van der Waals surface area contributed by atoms with Gasteiger partial charge in [0.15, 0.2) is 11.2 Å². The maximum atomic E-state index is 13.9. The van der Waals surface area contributed by atoms with Gasteiger partial charge in [-0.3, -0.25) is 13.9 Å². The van der Waals surface area contributed by atoms with Crippen molar-refractivity contribution in [3.05, 3.63) is 82.1 Å². The van der Waals surface area contributed by atoms with Crippen molar-refractivity contribution in [2.75, 3.05) is 23.3 Å². The van der Waals surface area contributed by atoms with Gasteiger partial charge in [0.05, 0.1) is 6.54 Å². The van der Waals surface area contributed by atoms with Gasteiger partial charge in [0.2, 0.25) is 11.9 Å². The van der Waals surface area contributed by atoms with Crippen LogP contribution < -0.4 is 21.5 Å². The van der Waals surface area contributed by atoms with E-state index in [4.69, 9.17) is 15.7 Å². The zero-order valence-corrected chi connectivity index (χ0v) is 20.2. The molecule has 1 aliphatic heterocycles. The molecule has 0 radical (unpaired) electrons. The predicted molar refractivity (Wildman–Crippen MR) is 141 cm³/mol. The topological polar surface area (TPSA) is 94.0 Å². The van der Waals surface area contributed by atoms with E-state index < -0.39 is 0 Å². The summed E-state index contributed by atoms with van der Waals surface area (Å²) < 4.78 is 3.78. The minimum Gasteiger partial charge on any atom is -0.351 e. The summed E-state index contributed by atoms with van der Waals surface area (Å²) in [6.07, 6.45) is 2.84. The molecule has 3 heterocycles. The van der Waals surface area contributed by atoms with Crippen LogP contribution in [0.2, 0.25) is 0 Å². The van der Waals surface area contributed by atoms with E-state index in [1.54, 1.807) is 4.57 Å². The Labute approximate surface area is 205 Å². The lowest BCUT2D eigenvalue weighted by Crippen LogP contribution is -2.44. The lowest BCUT2D eigenvalue weighted by atomic mass is 10.1. The van der Waals surface area contributed by atoms with Crippen molar-refractivity contribution in [3.63, 3.8) is 0 Å². The van der Waals surface area contributed by atoms with Crippen molar-refractivity contribution in [2.24, 2.45) is 5.73 Å². The second kappa shape index (κ2) is 10.3. The molecular formula is C27H33N7O. The third kappa shape index (κ3) is 4.93. The van der Waals surface area contributed by atoms with Crippen molar-refractivity contribution in [3.8, 4) is 0 Å². The number of nitrogens with zero attached hydrogens (tertiary/aromatic N) is 5. The molecule has 0 aliphatic carbocycles. The molecule has 4 aromatic rings. The lowest BCUT2D eigenvalue weighted by molar-refractivity contribution is 0.495. The molecule has 2 aromatic carbocycles. The molecule has 2 aromatic heterocycles. The molecular weight excluding hydrogens is 438 g/mol. The summed E-state index contributed by atoms with van der Waals surface area (Å²) in [6.45, 7) is 5.38. The Morgan fingerprint density at radius 1 is 1.00 bits per heavy atom. The first-order valence-corrected chi connectivity index (χ1v) is 12.5. The molecule has 8 nitrogen and oxygen atoms in total. The Kier molecular flexibility index (Phi) is 6.81. The van der Waals surface area contributed by atoms with Crippen LogP contribution in [0.25, 0.3) is 11.2 Å². The molecule has 1 atom stereocenters. The third-order valence-electron chi connectivity index (χ3n) is 6.51. The Morgan fingerprint density at radius 2 is 1.71 bits per heavy atom. The molecule has 0 spiro atoms. The highest BCUT2D eigenvalue weighted by molar-refractivity contribution is 5.76. The van der Waals surface area contributed by atoms with E-state index in [-0.39, 0.29) is 11.6 Å². The highest BCUT2D eigenvalue weighted by Crippen LogP contribution is 2.25. The van der Waals surface area contributed by atoms with Gasteiger partial charge in [-0.1, -0.05) is 67.6 Å². The van der Waals surface area contributed by atoms with Gasteiger partial charge in [-0.2, -0.15) is 9.97 Å². The smallest absolute Gasteiger partial charge is 0.281 e. The van der Waals surface area contributed by atoms with Gasteiger partial charge in [-0.15, -0.1) is 0 Å². The van der Waals surface area contributed by atoms with Crippen LogP contribution in [0.5, 0.6) is 0 Å². The first-order chi connectivity index (χ1) is 17.1. The number of rotatable bonds is 8. The highest BCUT2D eigenvalue weighted by atomic mass is 16.1. The summed E-state index contributed by atoms with van der Waals surface area (Å²) in [5.74, 6) is 1.33. The fourth-order valence-corrected chi connectivity index (χ4v) is 4.79. The molecule has 8 heteroatoms. The van der Waals surface area contributed by atoms with Crippen LogP contribution >= 0.6 is 0 Å². The van der Waals surface area contributed by atoms with E-state index in [0.29, 0.717) is 36.7 Å². The summed E-state index contributed by atoms with van der Waals surface area (Å²) in [6, 6.07) is 20.4. The Bertz CT molecular complexity index is 1330. The molecule has 0 bridgehead atoms. The van der Waals surface area contributed by atoms with Crippen LogP contribution in [0.4, 0.5) is 11.9 Å². The summed E-state index contributed by atoms with van der Waals surface area (Å²) in [4.78, 5) is 25.9. The fraction of sp³-hybridized carbons (Fsp3) is 0.370. The van der Waals surface area contributed by atoms with Crippen LogP contribution in [-0.4, -0.2) is 38.2 Å². The van der Waals surface area contributed by atoms with Crippen molar-refractivity contribution in [1.29, 1.82) is 0 Å². The number of aromatic nitrogens is 4. The molecule has 5 rings (SSSR count). The average Bonchev–Trinajstić information content (AvgIpc) is 3.24. The standard InChI is InChI=1S/C27H33N7O/c1-2-15-33-25(35)23-24(30-26(33)29-17-20-10-5-3-6-11-20)31-27(32-16-9-14-22(28)19-32)34(23)18-21-12-7-4-8-13-21/h3-8,10-13,22H,2,9,14-19,28H2,1H3,(H,29,30). The van der Waals surface area contributed by atoms with Crippen LogP contribution in [0, 0.1) is 0 Å². The Balaban J connectivity index is 1.62. The van der Waals surface area contributed by atoms with Crippen molar-refractivity contribution < 1.29 is 0 Å². The number of piperidine rings is 1. The SMILES string of the molecule is CCCn1c(NCc2ccccc2)nc2nc(N3CCCC(N)C3)n(Cc3ccccc3)c2c1=O. The van der Waals surface area contributed by atoms with Crippen molar-refractivity contribution in [1.82, 2.24) is 19.1 Å². The van der Waals surface area contributed by atoms with Gasteiger partial charge in [0.25, 0.3) is 5.56 Å². The van der Waals surface area contributed by atoms with Gasteiger partial charge in [-0.05, 0) is 30.4 Å². The van der Waals surface area contributed by atoms with Gasteiger partial charge in [0.1, 0.15) is 0 Å². The summed E-state index contributed by atoms with van der Waals surface area (Å²) >= 11 is 0. The molecule has 0 saturated carbocycles. The van der Waals surface area contributed by atoms with Crippen LogP contribution in [-0.2, 0) is 19.6 Å². The van der Waals surface area contributed by atoms with Gasteiger partial charge in [-0.25, -0.2) is 0 Å². The zero-order valence-electron chi connectivity index (χ0n) is 20.2. The van der Waals surface area contributed by atoms with E-state index in [1.807, 2.05) is 41.0 Å². The average molecular weight is 472 g/mol. The summed E-state index contributed by atoms with van der Waals surface area (Å²) in [7, 11) is 0. The number of anilines is 2. The summed E-state index contributed by atoms with van der Waals surface area (Å²) in [5.41, 5.74) is 9.49. The Hall–Kier alpha value is -3.65. The summed E-state index contributed by atoms with van der Waals surface area (Å²) in [5, 5.41) is 3.38. The van der Waals surface area contributed by atoms with E-state index >= 15 is 0 Å². The lowest BCUT2D eigenvalue weighted by Gasteiger charge is -2.31. The number of hydrogen-bond acceptors (Lipinski definition) is 6. The minimum atomic E-state index is -0.0663. The number of benzene rings is 2. The van der Waals surface area contributed by atoms with Gasteiger partial charge < -0.3 is 16.0 Å². The van der Waals surface area contributed by atoms with Crippen molar-refractivity contribution >= 4 is 23.1 Å². The van der Waals surface area contributed by atoms with Crippen LogP contribution in [0.3, 0.4) is 0 Å². The molecule has 3 N–H and O–H groups in total. The third-order valence-corrected chi connectivity index (χ3v) is 6.51. The van der Waals surface area contributed by atoms with Gasteiger partial charge in [0, 0.05) is 32.2 Å². The molecule has 182 valence electrons. The fourth-order valence-electron chi connectivity index (χ4n) is 4.79. The monoisotopic (exact) mass is 471 g/mol. The zero-order chi connectivity index (χ0) is 24.2. The van der Waals surface area contributed by atoms with E-state index in [2.05, 4.69) is 41.4 Å². The van der Waals surface area contributed by atoms with E-state index in [0.717, 1.165) is 49.4 Å². The highest BCUT2D eigenvalue weighted by Gasteiger charge is 2.26. The van der Waals surface area contributed by atoms with E-state index in [9.17, 15) is 4.79 Å². The molecule has 35 heavy (non-hydrogen) atoms. The Morgan fingerprint density at radius 3 is 2.40 bits per heavy atom. The first-order valence-electron chi connectivity index (χ1n) is 12.5. The van der Waals surface area contributed by atoms with Crippen LogP contribution in [0.1, 0.15) is 37.3 Å². The van der Waals surface area contributed by atoms with Crippen LogP contribution in [0.15, 0.2) is 65.5 Å². The predicted octanol–water partition coefficient (Wildman–Crippen LogP) is 3.59. The van der Waals surface area contributed by atoms with Crippen molar-refractivity contribution in [2.45, 2.75) is 51.9 Å². The molecule has 1 aliphatic rings. The second-order valence-corrected chi connectivity index (χ2v) is 9.24. The quantitative estimate of drug-likeness (QED) is 0.408. The minimum absolute atomic E-state index is 0.0663.